The predicted octanol–water partition coefficient (Wildman–Crippen LogP) is 0.654. The lowest BCUT2D eigenvalue weighted by Crippen LogP contribution is -2.34. The van der Waals surface area contributed by atoms with Crippen molar-refractivity contribution in [1.82, 2.24) is 4.98 Å². The minimum Gasteiger partial charge on any atom is -0.465 e. The molecule has 1 rings (SSSR count). The molecule has 0 amide bonds. The van der Waals surface area contributed by atoms with Crippen LogP contribution in [-0.2, 0) is 16.0 Å². The number of pyridine rings is 1. The predicted molar refractivity (Wildman–Crippen MR) is 52.5 cm³/mol. The van der Waals surface area contributed by atoms with Crippen molar-refractivity contribution in [3.05, 3.63) is 29.8 Å². The molecule has 82 valence electrons. The highest BCUT2D eigenvalue weighted by molar-refractivity contribution is 5.75. The molecular formula is C10H13FN2O2. The van der Waals surface area contributed by atoms with Crippen LogP contribution in [-0.4, -0.2) is 23.6 Å². The average molecular weight is 212 g/mol. The van der Waals surface area contributed by atoms with Gasteiger partial charge in [-0.1, -0.05) is 6.07 Å². The number of carbonyl (C=O) groups is 1. The fraction of sp³-hybridized carbons (Fsp3) is 0.400. The topological polar surface area (TPSA) is 65.2 Å². The summed E-state index contributed by atoms with van der Waals surface area (Å²) in [6, 6.07) is 2.29. The van der Waals surface area contributed by atoms with Crippen molar-refractivity contribution in [1.29, 1.82) is 0 Å². The summed E-state index contributed by atoms with van der Waals surface area (Å²) < 4.78 is 17.8. The third-order valence-electron chi connectivity index (χ3n) is 1.87. The molecule has 0 aliphatic carbocycles. The van der Waals surface area contributed by atoms with Gasteiger partial charge in [-0.25, -0.2) is 4.98 Å². The molecule has 1 unspecified atom stereocenters. The number of nitrogens with two attached hydrogens (primary N) is 1. The summed E-state index contributed by atoms with van der Waals surface area (Å²) in [7, 11) is 0. The number of ether oxygens (including phenoxy) is 1. The lowest BCUT2D eigenvalue weighted by molar-refractivity contribution is -0.144. The van der Waals surface area contributed by atoms with Crippen LogP contribution in [0.5, 0.6) is 0 Å². The van der Waals surface area contributed by atoms with Gasteiger partial charge in [-0.3, -0.25) is 4.79 Å². The van der Waals surface area contributed by atoms with E-state index < -0.39 is 18.0 Å². The maximum atomic E-state index is 13.1. The van der Waals surface area contributed by atoms with Crippen molar-refractivity contribution in [3.8, 4) is 0 Å². The van der Waals surface area contributed by atoms with Gasteiger partial charge >= 0.3 is 5.97 Å². The highest BCUT2D eigenvalue weighted by Gasteiger charge is 2.17. The number of aromatic nitrogens is 1. The van der Waals surface area contributed by atoms with Crippen molar-refractivity contribution in [3.63, 3.8) is 0 Å². The molecule has 2 N–H and O–H groups in total. The molecule has 15 heavy (non-hydrogen) atoms. The maximum absolute atomic E-state index is 13.1. The van der Waals surface area contributed by atoms with Crippen molar-refractivity contribution < 1.29 is 13.9 Å². The van der Waals surface area contributed by atoms with E-state index in [9.17, 15) is 9.18 Å². The SMILES string of the molecule is CCOC(=O)C(N)Cc1cccnc1F. The van der Waals surface area contributed by atoms with Gasteiger partial charge in [0.25, 0.3) is 0 Å². The van der Waals surface area contributed by atoms with Crippen molar-refractivity contribution >= 4 is 5.97 Å². The maximum Gasteiger partial charge on any atom is 0.323 e. The Labute approximate surface area is 87.3 Å². The van der Waals surface area contributed by atoms with E-state index >= 15 is 0 Å². The number of rotatable bonds is 4. The first-order chi connectivity index (χ1) is 7.15. The van der Waals surface area contributed by atoms with Crippen LogP contribution in [0.2, 0.25) is 0 Å². The summed E-state index contributed by atoms with van der Waals surface area (Å²) >= 11 is 0. The Hall–Kier alpha value is -1.49. The van der Waals surface area contributed by atoms with Crippen LogP contribution in [0.3, 0.4) is 0 Å². The molecule has 0 spiro atoms. The van der Waals surface area contributed by atoms with Crippen LogP contribution >= 0.6 is 0 Å². The average Bonchev–Trinajstić information content (AvgIpc) is 2.21. The van der Waals surface area contributed by atoms with Gasteiger partial charge in [-0.2, -0.15) is 4.39 Å². The van der Waals surface area contributed by atoms with E-state index in [4.69, 9.17) is 10.5 Å². The first-order valence-corrected chi connectivity index (χ1v) is 4.66. The van der Waals surface area contributed by atoms with Gasteiger partial charge in [-0.15, -0.1) is 0 Å². The molecular weight excluding hydrogens is 199 g/mol. The van der Waals surface area contributed by atoms with Crippen LogP contribution in [0.4, 0.5) is 4.39 Å². The molecule has 0 saturated heterocycles. The largest absolute Gasteiger partial charge is 0.465 e. The standard InChI is InChI=1S/C10H13FN2O2/c1-2-15-10(14)8(12)6-7-4-3-5-13-9(7)11/h3-5,8H,2,6,12H2,1H3. The number of hydrogen-bond acceptors (Lipinski definition) is 4. The Morgan fingerprint density at radius 1 is 1.73 bits per heavy atom. The highest BCUT2D eigenvalue weighted by Crippen LogP contribution is 2.06. The molecule has 0 aliphatic heterocycles. The third-order valence-corrected chi connectivity index (χ3v) is 1.87. The zero-order valence-corrected chi connectivity index (χ0v) is 8.44. The van der Waals surface area contributed by atoms with E-state index in [1.807, 2.05) is 0 Å². The molecule has 1 atom stereocenters. The van der Waals surface area contributed by atoms with Gasteiger partial charge < -0.3 is 10.5 Å². The van der Waals surface area contributed by atoms with Gasteiger partial charge in [0.2, 0.25) is 5.95 Å². The molecule has 1 aromatic heterocycles. The van der Waals surface area contributed by atoms with E-state index in [0.717, 1.165) is 0 Å². The molecule has 0 aromatic carbocycles. The molecule has 4 nitrogen and oxygen atoms in total. The summed E-state index contributed by atoms with van der Waals surface area (Å²) in [6.45, 7) is 1.96. The smallest absolute Gasteiger partial charge is 0.323 e. The molecule has 0 saturated carbocycles. The Kier molecular flexibility index (Phi) is 4.17. The second-order valence-electron chi connectivity index (χ2n) is 3.02. The molecule has 0 bridgehead atoms. The molecule has 0 radical (unpaired) electrons. The van der Waals surface area contributed by atoms with Gasteiger partial charge in [0, 0.05) is 18.2 Å². The Morgan fingerprint density at radius 2 is 2.47 bits per heavy atom. The minimum absolute atomic E-state index is 0.0957. The molecule has 1 heterocycles. The molecule has 5 heteroatoms. The van der Waals surface area contributed by atoms with Gasteiger partial charge in [-0.05, 0) is 13.0 Å². The van der Waals surface area contributed by atoms with Crippen molar-refractivity contribution in [2.24, 2.45) is 5.73 Å². The van der Waals surface area contributed by atoms with Crippen LogP contribution in [0, 0.1) is 5.95 Å². The first kappa shape index (κ1) is 11.6. The van der Waals surface area contributed by atoms with E-state index in [1.165, 1.54) is 6.20 Å². The monoisotopic (exact) mass is 212 g/mol. The van der Waals surface area contributed by atoms with E-state index in [-0.39, 0.29) is 13.0 Å². The van der Waals surface area contributed by atoms with Crippen molar-refractivity contribution in [2.45, 2.75) is 19.4 Å². The summed E-state index contributed by atoms with van der Waals surface area (Å²) in [6.07, 6.45) is 1.44. The van der Waals surface area contributed by atoms with E-state index in [2.05, 4.69) is 4.98 Å². The summed E-state index contributed by atoms with van der Waals surface area (Å²) in [4.78, 5) is 14.6. The first-order valence-electron chi connectivity index (χ1n) is 4.66. The van der Waals surface area contributed by atoms with Gasteiger partial charge in [0.15, 0.2) is 0 Å². The number of halogens is 1. The quantitative estimate of drug-likeness (QED) is 0.588. The number of esters is 1. The number of nitrogens with zero attached hydrogens (tertiary/aromatic N) is 1. The van der Waals surface area contributed by atoms with Gasteiger partial charge in [0.1, 0.15) is 6.04 Å². The third kappa shape index (κ3) is 3.28. The van der Waals surface area contributed by atoms with E-state index in [1.54, 1.807) is 19.1 Å². The zero-order chi connectivity index (χ0) is 11.3. The lowest BCUT2D eigenvalue weighted by atomic mass is 10.1. The Bertz CT molecular complexity index is 344. The Morgan fingerprint density at radius 3 is 3.07 bits per heavy atom. The molecule has 1 aromatic rings. The summed E-state index contributed by atoms with van der Waals surface area (Å²) in [5.74, 6) is -1.13. The van der Waals surface area contributed by atoms with Crippen LogP contribution < -0.4 is 5.73 Å². The van der Waals surface area contributed by atoms with Gasteiger partial charge in [0.05, 0.1) is 6.61 Å². The lowest BCUT2D eigenvalue weighted by Gasteiger charge is -2.10. The normalized spacial score (nSPS) is 12.2. The highest BCUT2D eigenvalue weighted by atomic mass is 19.1. The minimum atomic E-state index is -0.844. The molecule has 0 fully saturated rings. The fourth-order valence-electron chi connectivity index (χ4n) is 1.14. The van der Waals surface area contributed by atoms with Crippen molar-refractivity contribution in [2.75, 3.05) is 6.61 Å². The van der Waals surface area contributed by atoms with E-state index in [0.29, 0.717) is 5.56 Å². The zero-order valence-electron chi connectivity index (χ0n) is 8.44. The fourth-order valence-corrected chi connectivity index (χ4v) is 1.14. The second kappa shape index (κ2) is 5.41. The van der Waals surface area contributed by atoms with Crippen LogP contribution in [0.25, 0.3) is 0 Å². The number of hydrogen-bond donors (Lipinski definition) is 1. The number of carbonyl (C=O) groups excluding carboxylic acids is 1. The second-order valence-corrected chi connectivity index (χ2v) is 3.02. The van der Waals surface area contributed by atoms with Crippen LogP contribution in [0.15, 0.2) is 18.3 Å². The summed E-state index contributed by atoms with van der Waals surface area (Å²) in [5, 5.41) is 0. The summed E-state index contributed by atoms with van der Waals surface area (Å²) in [5.41, 5.74) is 5.85. The Balaban J connectivity index is 2.62. The molecule has 0 aliphatic rings. The van der Waals surface area contributed by atoms with Crippen LogP contribution in [0.1, 0.15) is 12.5 Å².